The minimum absolute atomic E-state index is 0.473. The van der Waals surface area contributed by atoms with Gasteiger partial charge in [-0.3, -0.25) is 9.68 Å². The average Bonchev–Trinajstić information content (AvgIpc) is 2.16. The number of phenolic OH excluding ortho intramolecular Hbond substituents is 1. The van der Waals surface area contributed by atoms with E-state index >= 15 is 0 Å². The molecule has 0 saturated heterocycles. The predicted octanol–water partition coefficient (Wildman–Crippen LogP) is 0.115. The summed E-state index contributed by atoms with van der Waals surface area (Å²) in [7, 11) is 0. The summed E-state index contributed by atoms with van der Waals surface area (Å²) in [6.45, 7) is 0. The van der Waals surface area contributed by atoms with Gasteiger partial charge in [0.05, 0.1) is 5.69 Å². The molecule has 1 aromatic rings. The van der Waals surface area contributed by atoms with Crippen LogP contribution in [0.5, 0.6) is 17.2 Å². The van der Waals surface area contributed by atoms with Crippen LogP contribution in [0.2, 0.25) is 0 Å². The number of nitrogens with two attached hydrogens (primary N) is 1. The number of rotatable bonds is 4. The van der Waals surface area contributed by atoms with Crippen LogP contribution in [0.4, 0.5) is 5.69 Å². The molecular weight excluding hydrogens is 226 g/mol. The number of aromatic hydroxyl groups is 1. The molecule has 0 aliphatic heterocycles. The fourth-order valence-corrected chi connectivity index (χ4v) is 0.900. The van der Waals surface area contributed by atoms with Crippen LogP contribution in [-0.4, -0.2) is 15.3 Å². The van der Waals surface area contributed by atoms with E-state index in [4.69, 9.17) is 10.8 Å². The van der Waals surface area contributed by atoms with E-state index in [2.05, 4.69) is 9.68 Å². The Balaban J connectivity index is 3.15. The fourth-order valence-electron chi connectivity index (χ4n) is 0.900. The summed E-state index contributed by atoms with van der Waals surface area (Å²) in [5.41, 5.74) is 4.71. The zero-order chi connectivity index (χ0) is 12.3. The lowest BCUT2D eigenvalue weighted by Crippen LogP contribution is -2.09. The highest BCUT2D eigenvalue weighted by atomic mass is 17.0. The van der Waals surface area contributed by atoms with Gasteiger partial charge in [-0.25, -0.2) is 0 Å². The van der Waals surface area contributed by atoms with Crippen molar-refractivity contribution >= 4 is 5.69 Å². The summed E-state index contributed by atoms with van der Waals surface area (Å²) in [6, 6.07) is 1.88. The van der Waals surface area contributed by atoms with Crippen molar-refractivity contribution in [2.75, 3.05) is 5.73 Å². The highest BCUT2D eigenvalue weighted by Crippen LogP contribution is 2.39. The second kappa shape index (κ2) is 4.16. The summed E-state index contributed by atoms with van der Waals surface area (Å²) in [4.78, 5) is 28.0. The first-order valence-electron chi connectivity index (χ1n) is 3.68. The summed E-state index contributed by atoms with van der Waals surface area (Å²) < 4.78 is 0. The molecule has 0 amide bonds. The lowest BCUT2D eigenvalue weighted by atomic mass is 10.2. The highest BCUT2D eigenvalue weighted by molar-refractivity contribution is 5.67. The van der Waals surface area contributed by atoms with Crippen molar-refractivity contribution in [1.29, 1.82) is 0 Å². The Hall–Kier alpha value is -2.78. The Morgan fingerprint density at radius 2 is 1.75 bits per heavy atom. The van der Waals surface area contributed by atoms with Crippen LogP contribution in [0, 0.1) is 20.2 Å². The maximum absolute atomic E-state index is 10.0. The molecule has 0 unspecified atom stereocenters. The Morgan fingerprint density at radius 3 is 2.25 bits per heavy atom. The highest BCUT2D eigenvalue weighted by Gasteiger charge is 2.16. The van der Waals surface area contributed by atoms with Crippen molar-refractivity contribution in [3.8, 4) is 17.2 Å². The quantitative estimate of drug-likeness (QED) is 0.421. The van der Waals surface area contributed by atoms with Crippen LogP contribution in [0.15, 0.2) is 12.1 Å². The van der Waals surface area contributed by atoms with E-state index in [1.54, 1.807) is 0 Å². The van der Waals surface area contributed by atoms with Gasteiger partial charge < -0.3 is 10.8 Å². The maximum Gasteiger partial charge on any atom is 0.299 e. The van der Waals surface area contributed by atoms with Gasteiger partial charge in [-0.1, -0.05) is 0 Å². The minimum Gasteiger partial charge on any atom is -0.506 e. The molecule has 3 N–H and O–H groups in total. The minimum atomic E-state index is -1.22. The zero-order valence-corrected chi connectivity index (χ0v) is 7.52. The van der Waals surface area contributed by atoms with Gasteiger partial charge in [-0.15, -0.1) is 20.2 Å². The number of hydrogen-bond donors (Lipinski definition) is 2. The van der Waals surface area contributed by atoms with Crippen LogP contribution >= 0.6 is 0 Å². The largest absolute Gasteiger partial charge is 0.506 e. The molecule has 0 heterocycles. The van der Waals surface area contributed by atoms with Crippen molar-refractivity contribution in [1.82, 2.24) is 0 Å². The number of nitrogens with zero attached hydrogens (tertiary/aromatic N) is 2. The van der Waals surface area contributed by atoms with Gasteiger partial charge >= 0.3 is 0 Å². The first-order chi connectivity index (χ1) is 7.41. The van der Waals surface area contributed by atoms with E-state index in [1.165, 1.54) is 0 Å². The number of phenols is 1. The van der Waals surface area contributed by atoms with Gasteiger partial charge in [-0.2, -0.15) is 0 Å². The SMILES string of the molecule is Nc1c(O[N+](=O)[O-])ccc(O)c1O[N+](=O)[O-]. The molecule has 1 rings (SSSR count). The number of anilines is 1. The molecule has 0 bridgehead atoms. The number of nitrogen functional groups attached to an aromatic ring is 1. The van der Waals surface area contributed by atoms with Crippen molar-refractivity contribution in [2.45, 2.75) is 0 Å². The maximum atomic E-state index is 10.0. The zero-order valence-electron chi connectivity index (χ0n) is 7.52. The molecule has 16 heavy (non-hydrogen) atoms. The van der Waals surface area contributed by atoms with Crippen LogP contribution in [-0.2, 0) is 0 Å². The fraction of sp³-hybridized carbons (Fsp3) is 0. The molecule has 0 atom stereocenters. The Bertz CT molecular complexity index is 446. The standard InChI is InChI=1S/C6H5N3O7/c7-5-4(15-8(11)12)2-1-3(10)6(5)16-9(13)14/h1-2,10H,7H2. The summed E-state index contributed by atoms with van der Waals surface area (Å²) in [6.07, 6.45) is 0. The molecule has 0 aliphatic rings. The molecule has 0 spiro atoms. The third-order valence-electron chi connectivity index (χ3n) is 1.47. The van der Waals surface area contributed by atoms with Crippen molar-refractivity contribution < 1.29 is 25.0 Å². The van der Waals surface area contributed by atoms with E-state index in [0.717, 1.165) is 12.1 Å². The Kier molecular flexibility index (Phi) is 2.94. The van der Waals surface area contributed by atoms with Gasteiger partial charge in [0.15, 0.2) is 5.75 Å². The third kappa shape index (κ3) is 2.37. The van der Waals surface area contributed by atoms with Gasteiger partial charge in [0.25, 0.3) is 10.2 Å². The second-order valence-electron chi connectivity index (χ2n) is 2.46. The summed E-state index contributed by atoms with van der Waals surface area (Å²) >= 11 is 0. The molecule has 10 heteroatoms. The number of benzene rings is 1. The molecule has 0 fully saturated rings. The van der Waals surface area contributed by atoms with Gasteiger partial charge in [-0.05, 0) is 12.1 Å². The van der Waals surface area contributed by atoms with E-state index in [0.29, 0.717) is 0 Å². The first kappa shape index (κ1) is 11.3. The van der Waals surface area contributed by atoms with Gasteiger partial charge in [0.2, 0.25) is 0 Å². The van der Waals surface area contributed by atoms with E-state index in [9.17, 15) is 20.2 Å². The van der Waals surface area contributed by atoms with Crippen LogP contribution in [0.25, 0.3) is 0 Å². The number of hydrogen-bond acceptors (Lipinski definition) is 8. The molecule has 0 radical (unpaired) electrons. The molecule has 10 nitrogen and oxygen atoms in total. The predicted molar refractivity (Wildman–Crippen MR) is 47.8 cm³/mol. The van der Waals surface area contributed by atoms with Crippen molar-refractivity contribution in [3.63, 3.8) is 0 Å². The molecular formula is C6H5N3O7. The molecule has 1 aromatic carbocycles. The van der Waals surface area contributed by atoms with Crippen LogP contribution in [0.1, 0.15) is 0 Å². The molecule has 0 aromatic heterocycles. The monoisotopic (exact) mass is 231 g/mol. The van der Waals surface area contributed by atoms with E-state index in [-0.39, 0.29) is 0 Å². The van der Waals surface area contributed by atoms with Crippen LogP contribution in [0.3, 0.4) is 0 Å². The Morgan fingerprint density at radius 1 is 1.19 bits per heavy atom. The Labute approximate surface area is 87.0 Å². The van der Waals surface area contributed by atoms with Crippen LogP contribution < -0.4 is 15.4 Å². The van der Waals surface area contributed by atoms with Crippen molar-refractivity contribution in [3.05, 3.63) is 32.4 Å². The summed E-state index contributed by atoms with van der Waals surface area (Å²) in [5.74, 6) is -1.83. The smallest absolute Gasteiger partial charge is 0.299 e. The van der Waals surface area contributed by atoms with Gasteiger partial charge in [0.1, 0.15) is 11.5 Å². The molecule has 0 saturated carbocycles. The lowest BCUT2D eigenvalue weighted by molar-refractivity contribution is -0.713. The molecule has 0 aliphatic carbocycles. The summed E-state index contributed by atoms with van der Waals surface area (Å²) in [5, 5.41) is 26.9. The van der Waals surface area contributed by atoms with E-state index < -0.39 is 33.1 Å². The van der Waals surface area contributed by atoms with Gasteiger partial charge in [0, 0.05) is 0 Å². The lowest BCUT2D eigenvalue weighted by Gasteiger charge is -2.08. The van der Waals surface area contributed by atoms with Crippen molar-refractivity contribution in [2.24, 2.45) is 0 Å². The average molecular weight is 231 g/mol. The normalized spacial score (nSPS) is 9.50. The third-order valence-corrected chi connectivity index (χ3v) is 1.47. The van der Waals surface area contributed by atoms with E-state index in [1.807, 2.05) is 0 Å². The first-order valence-corrected chi connectivity index (χ1v) is 3.68. The second-order valence-corrected chi connectivity index (χ2v) is 2.46. The molecule has 86 valence electrons. The topological polar surface area (TPSA) is 151 Å².